The van der Waals surface area contributed by atoms with E-state index in [2.05, 4.69) is 0 Å². The topological polar surface area (TPSA) is 105 Å². The molecule has 1 rings (SSSR count). The van der Waals surface area contributed by atoms with Gasteiger partial charge in [-0.3, -0.25) is 20.8 Å². The molecule has 1 fully saturated rings. The average molecular weight is 477 g/mol. The molecule has 0 aromatic heterocycles. The van der Waals surface area contributed by atoms with E-state index in [9.17, 15) is 14.4 Å². The summed E-state index contributed by atoms with van der Waals surface area (Å²) in [5, 5.41) is 0. The van der Waals surface area contributed by atoms with Gasteiger partial charge in [-0.25, -0.2) is 0 Å². The zero-order valence-corrected chi connectivity index (χ0v) is 21.9. The first-order valence-electron chi connectivity index (χ1n) is 10.2. The second kappa shape index (κ2) is 11.7. The van der Waals surface area contributed by atoms with E-state index in [0.717, 1.165) is 20.4 Å². The van der Waals surface area contributed by atoms with Crippen molar-refractivity contribution < 1.29 is 57.1 Å². The quantitative estimate of drug-likeness (QED) is 0.256. The van der Waals surface area contributed by atoms with Gasteiger partial charge in [0.15, 0.2) is 6.10 Å². The molecule has 0 aliphatic carbocycles. The first-order valence-corrected chi connectivity index (χ1v) is 10.9. The Kier molecular flexibility index (Phi) is 11.2. The Bertz CT molecular complexity index is 627. The van der Waals surface area contributed by atoms with Gasteiger partial charge in [-0.2, -0.15) is 0 Å². The van der Waals surface area contributed by atoms with Gasteiger partial charge in [-0.1, -0.05) is 13.0 Å². The van der Waals surface area contributed by atoms with Crippen LogP contribution in [0.2, 0.25) is 0 Å². The molecule has 1 aliphatic rings. The molecule has 9 heteroatoms. The van der Waals surface area contributed by atoms with E-state index in [1.54, 1.807) is 68.7 Å². The molecule has 0 unspecified atom stereocenters. The van der Waals surface area contributed by atoms with Crippen molar-refractivity contribution in [3.05, 3.63) is 6.42 Å². The monoisotopic (exact) mass is 477 g/mol. The van der Waals surface area contributed by atoms with Gasteiger partial charge < -0.3 is 18.9 Å². The molecular formula is C22H37O8Ti. The van der Waals surface area contributed by atoms with Crippen LogP contribution >= 0.6 is 0 Å². The van der Waals surface area contributed by atoms with Crippen molar-refractivity contribution in [1.29, 1.82) is 0 Å². The summed E-state index contributed by atoms with van der Waals surface area (Å²) in [7, 11) is 0. The third kappa shape index (κ3) is 9.50. The third-order valence-electron chi connectivity index (χ3n) is 4.44. The van der Waals surface area contributed by atoms with Crippen LogP contribution in [0, 0.1) is 28.6 Å². The fourth-order valence-electron chi connectivity index (χ4n) is 2.34. The van der Waals surface area contributed by atoms with E-state index in [4.69, 9.17) is 22.3 Å². The summed E-state index contributed by atoms with van der Waals surface area (Å²) >= 11 is 0.750. The van der Waals surface area contributed by atoms with Crippen molar-refractivity contribution in [1.82, 2.24) is 0 Å². The minimum absolute atomic E-state index is 0.0466. The van der Waals surface area contributed by atoms with Crippen LogP contribution in [-0.2, 0) is 57.1 Å². The summed E-state index contributed by atoms with van der Waals surface area (Å²) in [6.45, 7) is 17.7. The van der Waals surface area contributed by atoms with Gasteiger partial charge in [0.05, 0.1) is 16.2 Å². The van der Waals surface area contributed by atoms with Crippen molar-refractivity contribution in [2.75, 3.05) is 6.61 Å². The number of hydrogen-bond acceptors (Lipinski definition) is 8. The van der Waals surface area contributed by atoms with Crippen molar-refractivity contribution >= 4 is 17.9 Å². The molecule has 0 aromatic carbocycles. The maximum atomic E-state index is 12.4. The van der Waals surface area contributed by atoms with Crippen LogP contribution < -0.4 is 0 Å². The molecular weight excluding hydrogens is 440 g/mol. The Labute approximate surface area is 197 Å². The Morgan fingerprint density at radius 1 is 0.806 bits per heavy atom. The SMILES string of the molecule is C[C@@H]1[C@@H](OC(=O)C(C)(C)C)[C@H](OC(=O)C(C)(C)C)O[C@H]1[CH-]COC(=O)C(C)(C)C.[O]=[Ti+]. The molecule has 1 aliphatic heterocycles. The van der Waals surface area contributed by atoms with Gasteiger partial charge >= 0.3 is 41.6 Å². The van der Waals surface area contributed by atoms with Crippen LogP contribution in [0.4, 0.5) is 0 Å². The summed E-state index contributed by atoms with van der Waals surface area (Å²) in [6.07, 6.45) is -0.592. The predicted molar refractivity (Wildman–Crippen MR) is 108 cm³/mol. The standard InChI is InChI=1S/C22H37O7.O.Ti/c1-13-14(11-12-26-17(23)20(2,3)4)27-16(29-19(25)22(8,9)10)15(13)28-18(24)21(5,6)7;;/h11,13-16H,12H2,1-10H3;;/q-1;;+1/t13-,14-,15+,16-;;/m0../s1. The Hall–Kier alpha value is -1.12. The molecule has 0 radical (unpaired) electrons. The van der Waals surface area contributed by atoms with Crippen molar-refractivity contribution in [2.45, 2.75) is 87.7 Å². The summed E-state index contributed by atoms with van der Waals surface area (Å²) in [5.74, 6) is -1.47. The zero-order valence-electron chi connectivity index (χ0n) is 20.4. The second-order valence-electron chi connectivity index (χ2n) is 10.7. The number of hydrogen-bond donors (Lipinski definition) is 0. The Balaban J connectivity index is 0.00000436. The van der Waals surface area contributed by atoms with Gasteiger partial charge in [0.25, 0.3) is 0 Å². The van der Waals surface area contributed by atoms with Crippen LogP contribution in [0.25, 0.3) is 0 Å². The number of carbonyl (C=O) groups is 3. The second-order valence-corrected chi connectivity index (χ2v) is 10.7. The van der Waals surface area contributed by atoms with Crippen molar-refractivity contribution in [3.63, 3.8) is 0 Å². The van der Waals surface area contributed by atoms with Gasteiger partial charge in [-0.05, 0) is 74.8 Å². The fraction of sp³-hybridized carbons (Fsp3) is 0.818. The first kappa shape index (κ1) is 29.9. The Morgan fingerprint density at radius 2 is 1.23 bits per heavy atom. The fourth-order valence-corrected chi connectivity index (χ4v) is 2.34. The van der Waals surface area contributed by atoms with E-state index in [1.165, 1.54) is 0 Å². The van der Waals surface area contributed by atoms with Gasteiger partial charge in [0, 0.05) is 0 Å². The van der Waals surface area contributed by atoms with Crippen LogP contribution in [0.3, 0.4) is 0 Å². The van der Waals surface area contributed by atoms with E-state index in [0.29, 0.717) is 0 Å². The van der Waals surface area contributed by atoms with Crippen LogP contribution in [-0.4, -0.2) is 43.0 Å². The summed E-state index contributed by atoms with van der Waals surface area (Å²) in [6, 6.07) is 0. The van der Waals surface area contributed by atoms with E-state index in [1.807, 2.05) is 6.92 Å². The number of rotatable bonds is 5. The van der Waals surface area contributed by atoms with Crippen LogP contribution in [0.5, 0.6) is 0 Å². The molecule has 0 saturated carbocycles. The maximum absolute atomic E-state index is 12.4. The molecule has 1 heterocycles. The predicted octanol–water partition coefficient (Wildman–Crippen LogP) is 3.57. The van der Waals surface area contributed by atoms with E-state index >= 15 is 0 Å². The average Bonchev–Trinajstić information content (AvgIpc) is 2.89. The molecule has 0 amide bonds. The normalized spacial score (nSPS) is 24.0. The Morgan fingerprint density at radius 3 is 1.65 bits per heavy atom. The van der Waals surface area contributed by atoms with Gasteiger partial charge in [0.1, 0.15) is 0 Å². The number of carbonyl (C=O) groups excluding carboxylic acids is 3. The summed E-state index contributed by atoms with van der Waals surface area (Å²) in [5.41, 5.74) is -2.04. The molecule has 4 atom stereocenters. The number of ether oxygens (including phenoxy) is 4. The van der Waals surface area contributed by atoms with Crippen LogP contribution in [0.15, 0.2) is 0 Å². The molecule has 31 heavy (non-hydrogen) atoms. The molecule has 0 N–H and O–H groups in total. The van der Waals surface area contributed by atoms with Crippen molar-refractivity contribution in [2.24, 2.45) is 22.2 Å². The molecule has 0 bridgehead atoms. The molecule has 8 nitrogen and oxygen atoms in total. The molecule has 0 spiro atoms. The minimum atomic E-state index is -1.03. The first-order chi connectivity index (χ1) is 13.9. The molecule has 1 saturated heterocycles. The summed E-state index contributed by atoms with van der Waals surface area (Å²) in [4.78, 5) is 36.7. The van der Waals surface area contributed by atoms with E-state index in [-0.39, 0.29) is 18.5 Å². The number of esters is 3. The molecule has 177 valence electrons. The van der Waals surface area contributed by atoms with E-state index < -0.39 is 46.7 Å². The summed E-state index contributed by atoms with van der Waals surface area (Å²) < 4.78 is 30.6. The molecule has 0 aromatic rings. The van der Waals surface area contributed by atoms with Gasteiger partial charge in [-0.15, -0.1) is 0 Å². The van der Waals surface area contributed by atoms with Crippen molar-refractivity contribution in [3.8, 4) is 0 Å². The van der Waals surface area contributed by atoms with Crippen LogP contribution in [0.1, 0.15) is 69.2 Å². The zero-order chi connectivity index (χ0) is 24.8. The third-order valence-corrected chi connectivity index (χ3v) is 4.44. The van der Waals surface area contributed by atoms with Gasteiger partial charge in [0.2, 0.25) is 6.29 Å².